The number of ketones is 1. The number of likely N-dealkylation sites (tertiary alicyclic amines) is 1. The Balaban J connectivity index is 1.23. The molecule has 3 aromatic rings. The van der Waals surface area contributed by atoms with E-state index in [-0.39, 0.29) is 23.4 Å². The van der Waals surface area contributed by atoms with Gasteiger partial charge in [-0.2, -0.15) is 0 Å². The molecule has 0 N–H and O–H groups in total. The lowest BCUT2D eigenvalue weighted by Crippen LogP contribution is -2.36. The number of carbonyl (C=O) groups is 1. The number of rotatable bonds is 7. The summed E-state index contributed by atoms with van der Waals surface area (Å²) in [5.74, 6) is 0.915. The molecule has 3 unspecified atom stereocenters. The molecule has 4 nitrogen and oxygen atoms in total. The number of anilines is 1. The number of Topliss-reactive ketones (excluding diaryl/α,β-unsaturated/α-hetero) is 1. The second kappa shape index (κ2) is 9.25. The van der Waals surface area contributed by atoms with Crippen LogP contribution in [0.2, 0.25) is 0 Å². The van der Waals surface area contributed by atoms with Crippen LogP contribution in [0.1, 0.15) is 26.7 Å². The Hall–Kier alpha value is -2.54. The molecule has 0 spiro atoms. The van der Waals surface area contributed by atoms with Crippen LogP contribution in [0, 0.1) is 23.6 Å². The Bertz CT molecular complexity index is 1130. The lowest BCUT2D eigenvalue weighted by molar-refractivity contribution is 0.0941. The van der Waals surface area contributed by atoms with Crippen LogP contribution in [0.3, 0.4) is 0 Å². The quantitative estimate of drug-likeness (QED) is 0.446. The van der Waals surface area contributed by atoms with Crippen LogP contribution in [-0.2, 0) is 11.3 Å². The first kappa shape index (κ1) is 22.0. The first-order valence-electron chi connectivity index (χ1n) is 12.1. The van der Waals surface area contributed by atoms with Gasteiger partial charge >= 0.3 is 0 Å². The maximum atomic E-state index is 15.3. The molecule has 0 amide bonds. The largest absolute Gasteiger partial charge is 0.378 e. The molecule has 6 rings (SSSR count). The Kier molecular flexibility index (Phi) is 5.97. The van der Waals surface area contributed by atoms with Crippen molar-refractivity contribution in [1.29, 1.82) is 0 Å². The Labute approximate surface area is 204 Å². The number of fused-ring (bicyclic) bond motifs is 1. The van der Waals surface area contributed by atoms with Crippen LogP contribution in [0.4, 0.5) is 10.1 Å². The molecule has 34 heavy (non-hydrogen) atoms. The van der Waals surface area contributed by atoms with Crippen molar-refractivity contribution < 1.29 is 13.9 Å². The van der Waals surface area contributed by atoms with E-state index in [1.807, 2.05) is 40.6 Å². The van der Waals surface area contributed by atoms with Crippen molar-refractivity contribution in [1.82, 2.24) is 4.90 Å². The minimum atomic E-state index is -0.277. The van der Waals surface area contributed by atoms with Gasteiger partial charge in [-0.1, -0.05) is 42.5 Å². The van der Waals surface area contributed by atoms with Crippen molar-refractivity contribution in [3.05, 3.63) is 87.9 Å². The van der Waals surface area contributed by atoms with Gasteiger partial charge in [0.25, 0.3) is 0 Å². The number of thiophene rings is 1. The third kappa shape index (κ3) is 4.19. The summed E-state index contributed by atoms with van der Waals surface area (Å²) in [5, 5.41) is 1.95. The van der Waals surface area contributed by atoms with E-state index in [1.165, 1.54) is 16.9 Å². The second-order valence-electron chi connectivity index (χ2n) is 9.71. The van der Waals surface area contributed by atoms with E-state index in [1.54, 1.807) is 6.07 Å². The maximum absolute atomic E-state index is 15.3. The third-order valence-electron chi connectivity index (χ3n) is 7.70. The van der Waals surface area contributed by atoms with Gasteiger partial charge in [-0.25, -0.2) is 4.39 Å². The number of carbonyl (C=O) groups excluding carboxylic acids is 1. The van der Waals surface area contributed by atoms with Crippen molar-refractivity contribution >= 4 is 22.8 Å². The molecule has 0 radical (unpaired) electrons. The van der Waals surface area contributed by atoms with Crippen molar-refractivity contribution in [2.24, 2.45) is 17.8 Å². The molecule has 6 heteroatoms. The summed E-state index contributed by atoms with van der Waals surface area (Å²) in [6.07, 6.45) is 0. The summed E-state index contributed by atoms with van der Waals surface area (Å²) in [6.45, 7) is 5.58. The predicted molar refractivity (Wildman–Crippen MR) is 133 cm³/mol. The van der Waals surface area contributed by atoms with Gasteiger partial charge in [0.2, 0.25) is 0 Å². The van der Waals surface area contributed by atoms with Crippen LogP contribution < -0.4 is 4.90 Å². The van der Waals surface area contributed by atoms with Gasteiger partial charge in [-0.05, 0) is 52.5 Å². The highest BCUT2D eigenvalue weighted by Gasteiger charge is 2.60. The average Bonchev–Trinajstić information content (AvgIpc) is 3.25. The molecule has 2 aliphatic heterocycles. The van der Waals surface area contributed by atoms with E-state index in [0.29, 0.717) is 43.8 Å². The lowest BCUT2D eigenvalue weighted by atomic mass is 9.86. The normalized spacial score (nSPS) is 25.2. The molecule has 1 aromatic heterocycles. The van der Waals surface area contributed by atoms with Gasteiger partial charge in [0.1, 0.15) is 5.82 Å². The lowest BCUT2D eigenvalue weighted by Gasteiger charge is -2.29. The minimum Gasteiger partial charge on any atom is -0.378 e. The van der Waals surface area contributed by atoms with Gasteiger partial charge in [-0.3, -0.25) is 9.69 Å². The fraction of sp³-hybridized carbons (Fsp3) is 0.393. The fourth-order valence-corrected chi connectivity index (χ4v) is 6.73. The van der Waals surface area contributed by atoms with Crippen molar-refractivity contribution in [2.75, 3.05) is 44.3 Å². The topological polar surface area (TPSA) is 32.8 Å². The first-order chi connectivity index (χ1) is 16.7. The van der Waals surface area contributed by atoms with Crippen molar-refractivity contribution in [2.45, 2.75) is 12.5 Å². The summed E-state index contributed by atoms with van der Waals surface area (Å²) in [4.78, 5) is 18.9. The van der Waals surface area contributed by atoms with Crippen molar-refractivity contribution in [3.63, 3.8) is 0 Å². The summed E-state index contributed by atoms with van der Waals surface area (Å²) >= 11 is 1.48. The number of hydrogen-bond acceptors (Lipinski definition) is 5. The highest BCUT2D eigenvalue weighted by Crippen LogP contribution is 2.59. The van der Waals surface area contributed by atoms with E-state index in [0.717, 1.165) is 30.1 Å². The van der Waals surface area contributed by atoms with E-state index in [2.05, 4.69) is 29.2 Å². The smallest absolute Gasteiger partial charge is 0.180 e. The Morgan fingerprint density at radius 2 is 1.79 bits per heavy atom. The van der Waals surface area contributed by atoms with Gasteiger partial charge in [0, 0.05) is 32.7 Å². The maximum Gasteiger partial charge on any atom is 0.180 e. The number of halogens is 1. The van der Waals surface area contributed by atoms with Crippen LogP contribution in [-0.4, -0.2) is 50.1 Å². The zero-order chi connectivity index (χ0) is 23.1. The number of piperidine rings is 1. The molecule has 2 saturated heterocycles. The van der Waals surface area contributed by atoms with Gasteiger partial charge in [0.05, 0.1) is 29.7 Å². The Morgan fingerprint density at radius 3 is 2.47 bits per heavy atom. The Morgan fingerprint density at radius 1 is 1.03 bits per heavy atom. The summed E-state index contributed by atoms with van der Waals surface area (Å²) in [5.41, 5.74) is 2.76. The summed E-state index contributed by atoms with van der Waals surface area (Å²) in [7, 11) is 0. The number of benzene rings is 2. The van der Waals surface area contributed by atoms with Crippen molar-refractivity contribution in [3.8, 4) is 0 Å². The molecule has 3 atom stereocenters. The SMILES string of the molecule is O=C(c1cccs1)C(c1ccc(N2CCOCC2)c(F)c1)C1C2CN(Cc3ccccc3)CC21. The number of morpholine rings is 1. The second-order valence-corrected chi connectivity index (χ2v) is 10.7. The molecular formula is C28H29FN2O2S. The number of nitrogens with zero attached hydrogens (tertiary/aromatic N) is 2. The summed E-state index contributed by atoms with van der Waals surface area (Å²) in [6, 6.07) is 19.9. The van der Waals surface area contributed by atoms with Crippen LogP contribution in [0.5, 0.6) is 0 Å². The highest BCUT2D eigenvalue weighted by atomic mass is 32.1. The summed E-state index contributed by atoms with van der Waals surface area (Å²) < 4.78 is 20.7. The molecule has 3 heterocycles. The van der Waals surface area contributed by atoms with E-state index in [9.17, 15) is 4.79 Å². The van der Waals surface area contributed by atoms with Gasteiger partial charge < -0.3 is 9.64 Å². The molecule has 2 aromatic carbocycles. The molecule has 1 aliphatic carbocycles. The first-order valence-corrected chi connectivity index (χ1v) is 13.0. The highest BCUT2D eigenvalue weighted by molar-refractivity contribution is 7.12. The molecular weight excluding hydrogens is 447 g/mol. The average molecular weight is 477 g/mol. The molecule has 3 aliphatic rings. The zero-order valence-corrected chi connectivity index (χ0v) is 19.9. The molecule has 176 valence electrons. The molecule has 3 fully saturated rings. The number of ether oxygens (including phenoxy) is 1. The zero-order valence-electron chi connectivity index (χ0n) is 19.1. The van der Waals surface area contributed by atoms with Gasteiger partial charge in [-0.15, -0.1) is 11.3 Å². The van der Waals surface area contributed by atoms with Crippen LogP contribution in [0.25, 0.3) is 0 Å². The molecule has 1 saturated carbocycles. The van der Waals surface area contributed by atoms with E-state index in [4.69, 9.17) is 4.74 Å². The molecule has 0 bridgehead atoms. The monoisotopic (exact) mass is 476 g/mol. The minimum absolute atomic E-state index is 0.141. The standard InChI is InChI=1S/C28H29FN2O2S/c29-23-15-20(8-9-24(23)31-10-12-33-13-11-31)26(28(32)25-7-4-14-34-25)27-21-17-30(18-22(21)27)16-19-5-2-1-3-6-19/h1-9,14-15,21-22,26-27H,10-13,16-18H2. The van der Waals surface area contributed by atoms with E-state index < -0.39 is 0 Å². The van der Waals surface area contributed by atoms with Gasteiger partial charge in [0.15, 0.2) is 5.78 Å². The van der Waals surface area contributed by atoms with Crippen LogP contribution >= 0.6 is 11.3 Å². The number of hydrogen-bond donors (Lipinski definition) is 0. The van der Waals surface area contributed by atoms with Crippen LogP contribution in [0.15, 0.2) is 66.0 Å². The predicted octanol–water partition coefficient (Wildman–Crippen LogP) is 5.07. The third-order valence-corrected chi connectivity index (χ3v) is 8.58. The fourth-order valence-electron chi connectivity index (χ4n) is 6.02. The van der Waals surface area contributed by atoms with E-state index >= 15 is 4.39 Å².